The van der Waals surface area contributed by atoms with E-state index in [1.165, 1.54) is 0 Å². The van der Waals surface area contributed by atoms with Gasteiger partial charge >= 0.3 is 0 Å². The van der Waals surface area contributed by atoms with Crippen LogP contribution in [0.3, 0.4) is 0 Å². The fourth-order valence-electron chi connectivity index (χ4n) is 2.76. The largest absolute Gasteiger partial charge is 0.497 e. The van der Waals surface area contributed by atoms with Gasteiger partial charge < -0.3 is 14.6 Å². The highest BCUT2D eigenvalue weighted by Crippen LogP contribution is 2.34. The number of benzene rings is 1. The summed E-state index contributed by atoms with van der Waals surface area (Å²) in [5.74, 6) is 0.836. The van der Waals surface area contributed by atoms with Crippen LogP contribution in [0, 0.1) is 0 Å². The molecule has 0 aromatic heterocycles. The first-order chi connectivity index (χ1) is 8.42. The van der Waals surface area contributed by atoms with E-state index >= 15 is 0 Å². The first-order valence-electron chi connectivity index (χ1n) is 6.42. The van der Waals surface area contributed by atoms with Crippen molar-refractivity contribution in [2.75, 3.05) is 13.7 Å². The molecule has 1 unspecified atom stereocenters. The van der Waals surface area contributed by atoms with Crippen molar-refractivity contribution in [3.63, 3.8) is 0 Å². The third-order valence-electron chi connectivity index (χ3n) is 3.48. The molecule has 1 heterocycles. The fraction of sp³-hybridized carbons (Fsp3) is 0.600. The Kier molecular flexibility index (Phi) is 3.64. The SMILES string of the molecule is COc1cccc(CC2(O)CCOC(C)(C)C2)c1. The van der Waals surface area contributed by atoms with E-state index < -0.39 is 5.60 Å². The third kappa shape index (κ3) is 3.24. The molecule has 1 aliphatic rings. The summed E-state index contributed by atoms with van der Waals surface area (Å²) < 4.78 is 10.9. The Morgan fingerprint density at radius 2 is 2.17 bits per heavy atom. The van der Waals surface area contributed by atoms with Crippen LogP contribution < -0.4 is 4.74 Å². The van der Waals surface area contributed by atoms with E-state index in [1.807, 2.05) is 38.1 Å². The van der Waals surface area contributed by atoms with E-state index in [1.54, 1.807) is 7.11 Å². The summed E-state index contributed by atoms with van der Waals surface area (Å²) in [4.78, 5) is 0. The van der Waals surface area contributed by atoms with Crippen LogP contribution in [-0.2, 0) is 11.2 Å². The van der Waals surface area contributed by atoms with Crippen molar-refractivity contribution in [2.45, 2.75) is 44.3 Å². The molecular weight excluding hydrogens is 228 g/mol. The molecule has 1 atom stereocenters. The summed E-state index contributed by atoms with van der Waals surface area (Å²) in [6, 6.07) is 7.90. The lowest BCUT2D eigenvalue weighted by Crippen LogP contribution is -2.47. The normalized spacial score (nSPS) is 26.9. The molecule has 1 aliphatic heterocycles. The molecule has 3 nitrogen and oxygen atoms in total. The minimum atomic E-state index is -0.673. The molecule has 0 aliphatic carbocycles. The molecule has 2 rings (SSSR count). The van der Waals surface area contributed by atoms with Crippen molar-refractivity contribution in [1.29, 1.82) is 0 Å². The van der Waals surface area contributed by atoms with Gasteiger partial charge in [0.25, 0.3) is 0 Å². The van der Waals surface area contributed by atoms with E-state index in [0.29, 0.717) is 25.9 Å². The summed E-state index contributed by atoms with van der Waals surface area (Å²) >= 11 is 0. The zero-order valence-electron chi connectivity index (χ0n) is 11.4. The van der Waals surface area contributed by atoms with Crippen molar-refractivity contribution in [3.8, 4) is 5.75 Å². The van der Waals surface area contributed by atoms with Crippen LogP contribution in [0.15, 0.2) is 24.3 Å². The molecule has 1 aromatic rings. The van der Waals surface area contributed by atoms with Gasteiger partial charge in [-0.1, -0.05) is 12.1 Å². The van der Waals surface area contributed by atoms with Crippen molar-refractivity contribution < 1.29 is 14.6 Å². The van der Waals surface area contributed by atoms with E-state index in [4.69, 9.17) is 9.47 Å². The maximum Gasteiger partial charge on any atom is 0.119 e. The Labute approximate surface area is 109 Å². The molecule has 100 valence electrons. The molecule has 0 amide bonds. The number of hydrogen-bond donors (Lipinski definition) is 1. The Morgan fingerprint density at radius 1 is 1.39 bits per heavy atom. The summed E-state index contributed by atoms with van der Waals surface area (Å²) in [5, 5.41) is 10.7. The van der Waals surface area contributed by atoms with Gasteiger partial charge in [-0.05, 0) is 38.0 Å². The summed E-state index contributed by atoms with van der Waals surface area (Å²) in [7, 11) is 1.66. The Balaban J connectivity index is 2.11. The predicted octanol–water partition coefficient (Wildman–Crippen LogP) is 2.56. The lowest BCUT2D eigenvalue weighted by atomic mass is 9.80. The van der Waals surface area contributed by atoms with Crippen LogP contribution in [-0.4, -0.2) is 30.0 Å². The lowest BCUT2D eigenvalue weighted by molar-refractivity contribution is -0.143. The average Bonchev–Trinajstić information content (AvgIpc) is 2.26. The van der Waals surface area contributed by atoms with Crippen LogP contribution in [0.4, 0.5) is 0 Å². The fourth-order valence-corrected chi connectivity index (χ4v) is 2.76. The highest BCUT2D eigenvalue weighted by atomic mass is 16.5. The van der Waals surface area contributed by atoms with Crippen molar-refractivity contribution in [1.82, 2.24) is 0 Å². The standard InChI is InChI=1S/C15H22O3/c1-14(2)11-15(16,7-8-18-14)10-12-5-4-6-13(9-12)17-3/h4-6,9,16H,7-8,10-11H2,1-3H3. The molecule has 1 fully saturated rings. The lowest BCUT2D eigenvalue weighted by Gasteiger charge is -2.41. The predicted molar refractivity (Wildman–Crippen MR) is 70.9 cm³/mol. The maximum absolute atomic E-state index is 10.7. The second-order valence-corrected chi connectivity index (χ2v) is 5.79. The quantitative estimate of drug-likeness (QED) is 0.896. The summed E-state index contributed by atoms with van der Waals surface area (Å²) in [6.45, 7) is 4.68. The van der Waals surface area contributed by atoms with Crippen LogP contribution in [0.2, 0.25) is 0 Å². The third-order valence-corrected chi connectivity index (χ3v) is 3.48. The maximum atomic E-state index is 10.7. The summed E-state index contributed by atoms with van der Waals surface area (Å²) in [6.07, 6.45) is 2.00. The van der Waals surface area contributed by atoms with Gasteiger partial charge in [0.05, 0.1) is 24.9 Å². The van der Waals surface area contributed by atoms with Crippen LogP contribution >= 0.6 is 0 Å². The zero-order valence-corrected chi connectivity index (χ0v) is 11.4. The highest BCUT2D eigenvalue weighted by Gasteiger charge is 2.39. The van der Waals surface area contributed by atoms with E-state index in [0.717, 1.165) is 11.3 Å². The van der Waals surface area contributed by atoms with Gasteiger partial charge in [0.2, 0.25) is 0 Å². The Hall–Kier alpha value is -1.06. The van der Waals surface area contributed by atoms with E-state index in [9.17, 15) is 5.11 Å². The van der Waals surface area contributed by atoms with Crippen molar-refractivity contribution >= 4 is 0 Å². The zero-order chi connectivity index (χ0) is 13.2. The molecule has 0 bridgehead atoms. The first-order valence-corrected chi connectivity index (χ1v) is 6.42. The van der Waals surface area contributed by atoms with Crippen LogP contribution in [0.1, 0.15) is 32.3 Å². The number of rotatable bonds is 3. The monoisotopic (exact) mass is 250 g/mol. The second kappa shape index (κ2) is 4.90. The molecule has 0 radical (unpaired) electrons. The van der Waals surface area contributed by atoms with Gasteiger partial charge in [-0.25, -0.2) is 0 Å². The Bertz CT molecular complexity index is 414. The molecule has 1 N–H and O–H groups in total. The minimum Gasteiger partial charge on any atom is -0.497 e. The molecule has 0 saturated carbocycles. The summed E-state index contributed by atoms with van der Waals surface area (Å²) in [5.41, 5.74) is 0.189. The molecule has 1 aromatic carbocycles. The molecule has 1 saturated heterocycles. The van der Waals surface area contributed by atoms with Gasteiger partial charge in [-0.15, -0.1) is 0 Å². The second-order valence-electron chi connectivity index (χ2n) is 5.79. The van der Waals surface area contributed by atoms with Crippen LogP contribution in [0.25, 0.3) is 0 Å². The number of methoxy groups -OCH3 is 1. The molecule has 0 spiro atoms. The average molecular weight is 250 g/mol. The topological polar surface area (TPSA) is 38.7 Å². The highest BCUT2D eigenvalue weighted by molar-refractivity contribution is 5.29. The van der Waals surface area contributed by atoms with Crippen LogP contribution in [0.5, 0.6) is 5.75 Å². The van der Waals surface area contributed by atoms with E-state index in [2.05, 4.69) is 0 Å². The van der Waals surface area contributed by atoms with Crippen molar-refractivity contribution in [3.05, 3.63) is 29.8 Å². The molecular formula is C15H22O3. The molecule has 3 heteroatoms. The van der Waals surface area contributed by atoms with Gasteiger partial charge in [0.1, 0.15) is 5.75 Å². The molecule has 18 heavy (non-hydrogen) atoms. The van der Waals surface area contributed by atoms with Gasteiger partial charge in [0, 0.05) is 12.8 Å². The van der Waals surface area contributed by atoms with E-state index in [-0.39, 0.29) is 5.60 Å². The minimum absolute atomic E-state index is 0.244. The Morgan fingerprint density at radius 3 is 2.83 bits per heavy atom. The van der Waals surface area contributed by atoms with Crippen molar-refractivity contribution in [2.24, 2.45) is 0 Å². The number of hydrogen-bond acceptors (Lipinski definition) is 3. The number of aliphatic hydroxyl groups is 1. The van der Waals surface area contributed by atoms with Gasteiger partial charge in [0.15, 0.2) is 0 Å². The van der Waals surface area contributed by atoms with Gasteiger partial charge in [-0.3, -0.25) is 0 Å². The number of ether oxygens (including phenoxy) is 2. The smallest absolute Gasteiger partial charge is 0.119 e. The van der Waals surface area contributed by atoms with Gasteiger partial charge in [-0.2, -0.15) is 0 Å². The first kappa shape index (κ1) is 13.4.